The van der Waals surface area contributed by atoms with Gasteiger partial charge in [-0.05, 0) is 23.4 Å². The summed E-state index contributed by atoms with van der Waals surface area (Å²) in [7, 11) is 0. The number of aliphatic hydroxyl groups excluding tert-OH is 1. The number of aliphatic hydroxyl groups is 1. The molecule has 2 unspecified atom stereocenters. The number of halogens is 1. The molecule has 0 saturated carbocycles. The summed E-state index contributed by atoms with van der Waals surface area (Å²) in [5, 5.41) is 20.8. The summed E-state index contributed by atoms with van der Waals surface area (Å²) in [6, 6.07) is 7.19. The molecule has 4 nitrogen and oxygen atoms in total. The van der Waals surface area contributed by atoms with E-state index >= 15 is 0 Å². The molecule has 0 saturated heterocycles. The number of ether oxygens (including phenoxy) is 1. The summed E-state index contributed by atoms with van der Waals surface area (Å²) >= 11 is 6.00. The van der Waals surface area contributed by atoms with Gasteiger partial charge in [-0.1, -0.05) is 35.9 Å². The first kappa shape index (κ1) is 13.0. The Bertz CT molecular complexity index is 760. The largest absolute Gasteiger partial charge is 0.482 e. The van der Waals surface area contributed by atoms with Gasteiger partial charge in [0.2, 0.25) is 6.10 Å². The highest BCUT2D eigenvalue weighted by Crippen LogP contribution is 2.26. The van der Waals surface area contributed by atoms with Crippen LogP contribution in [0.25, 0.3) is 11.3 Å². The van der Waals surface area contributed by atoms with Gasteiger partial charge in [-0.15, -0.1) is 0 Å². The maximum atomic E-state index is 11.0. The van der Waals surface area contributed by atoms with Crippen LogP contribution in [0.5, 0.6) is 0 Å². The lowest BCUT2D eigenvalue weighted by atomic mass is 9.97. The summed E-state index contributed by atoms with van der Waals surface area (Å²) in [5.74, 6) is -1.29. The Morgan fingerprint density at radius 3 is 2.70 bits per heavy atom. The van der Waals surface area contributed by atoms with Crippen LogP contribution in [0.2, 0.25) is 0 Å². The van der Waals surface area contributed by atoms with Gasteiger partial charge < -0.3 is 14.9 Å². The fraction of sp³-hybridized carbons (Fsp3) is 0.133. The lowest BCUT2D eigenvalue weighted by molar-refractivity contribution is -0.144. The van der Waals surface area contributed by atoms with Crippen molar-refractivity contribution in [2.24, 2.45) is 0 Å². The maximum absolute atomic E-state index is 11.0. The lowest BCUT2D eigenvalue weighted by Gasteiger charge is -2.27. The van der Waals surface area contributed by atoms with Gasteiger partial charge in [0.15, 0.2) is 0 Å². The molecule has 0 radical (unpaired) electrons. The highest BCUT2D eigenvalue weighted by molar-refractivity contribution is 6.32. The van der Waals surface area contributed by atoms with Crippen molar-refractivity contribution in [3.63, 3.8) is 0 Å². The third-order valence-corrected chi connectivity index (χ3v) is 3.50. The zero-order valence-electron chi connectivity index (χ0n) is 10.3. The Balaban J connectivity index is 2.35. The average Bonchev–Trinajstić information content (AvgIpc) is 2.45. The summed E-state index contributed by atoms with van der Waals surface area (Å²) in [6.45, 7) is 0. The molecule has 2 N–H and O–H groups in total. The maximum Gasteiger partial charge on any atom is 0.340 e. The van der Waals surface area contributed by atoms with E-state index < -0.39 is 18.2 Å². The van der Waals surface area contributed by atoms with E-state index in [-0.39, 0.29) is 5.76 Å². The second-order valence-electron chi connectivity index (χ2n) is 4.53. The number of hydrogen-bond acceptors (Lipinski definition) is 3. The number of carbonyl (C=O) groups is 1. The molecule has 1 aromatic rings. The number of benzene rings is 1. The minimum Gasteiger partial charge on any atom is -0.482 e. The number of carboxylic acids is 1. The lowest BCUT2D eigenvalue weighted by Crippen LogP contribution is -2.43. The number of fused-ring (bicyclic) bond motifs is 2. The van der Waals surface area contributed by atoms with E-state index in [1.54, 1.807) is 30.4 Å². The predicted molar refractivity (Wildman–Crippen MR) is 74.1 cm³/mol. The molecule has 0 aromatic heterocycles. The van der Waals surface area contributed by atoms with Crippen molar-refractivity contribution in [1.29, 1.82) is 0 Å². The van der Waals surface area contributed by atoms with Crippen molar-refractivity contribution in [2.45, 2.75) is 12.2 Å². The molecule has 0 amide bonds. The SMILES string of the molecule is O=C(O)C(O)C1=c2ccccc2=C2C=C(Cl)C=CC2O1. The van der Waals surface area contributed by atoms with Gasteiger partial charge >= 0.3 is 5.97 Å². The van der Waals surface area contributed by atoms with Crippen molar-refractivity contribution in [1.82, 2.24) is 0 Å². The number of hydrogen-bond donors (Lipinski definition) is 2. The van der Waals surface area contributed by atoms with Crippen molar-refractivity contribution >= 4 is 28.9 Å². The third-order valence-electron chi connectivity index (χ3n) is 3.27. The monoisotopic (exact) mass is 290 g/mol. The van der Waals surface area contributed by atoms with Crippen LogP contribution in [0.1, 0.15) is 0 Å². The Kier molecular flexibility index (Phi) is 3.12. The van der Waals surface area contributed by atoms with Crippen LogP contribution in [-0.2, 0) is 9.53 Å². The highest BCUT2D eigenvalue weighted by atomic mass is 35.5. The number of carboxylic acid groups (broad SMARTS) is 1. The number of rotatable bonds is 2. The fourth-order valence-electron chi connectivity index (χ4n) is 2.37. The van der Waals surface area contributed by atoms with E-state index in [4.69, 9.17) is 21.4 Å². The molecule has 5 heteroatoms. The van der Waals surface area contributed by atoms with Crippen LogP contribution in [0.4, 0.5) is 0 Å². The smallest absolute Gasteiger partial charge is 0.340 e. The normalized spacial score (nSPS) is 21.5. The Labute approximate surface area is 119 Å². The minimum absolute atomic E-state index is 0.0536. The summed E-state index contributed by atoms with van der Waals surface area (Å²) in [4.78, 5) is 11.0. The Morgan fingerprint density at radius 1 is 1.30 bits per heavy atom. The van der Waals surface area contributed by atoms with E-state index in [1.807, 2.05) is 12.1 Å². The molecule has 3 rings (SSSR count). The second-order valence-corrected chi connectivity index (χ2v) is 4.97. The number of allylic oxidation sites excluding steroid dienone is 2. The van der Waals surface area contributed by atoms with Gasteiger partial charge in [-0.3, -0.25) is 0 Å². The zero-order valence-corrected chi connectivity index (χ0v) is 11.0. The first-order chi connectivity index (χ1) is 9.58. The summed E-state index contributed by atoms with van der Waals surface area (Å²) in [5.41, 5.74) is 0.856. The molecule has 1 aliphatic heterocycles. The van der Waals surface area contributed by atoms with Gasteiger partial charge in [0, 0.05) is 15.8 Å². The summed E-state index contributed by atoms with van der Waals surface area (Å²) < 4.78 is 5.65. The van der Waals surface area contributed by atoms with Gasteiger partial charge in [-0.25, -0.2) is 4.79 Å². The molecular weight excluding hydrogens is 280 g/mol. The zero-order chi connectivity index (χ0) is 14.3. The average molecular weight is 291 g/mol. The molecule has 2 aliphatic rings. The van der Waals surface area contributed by atoms with Crippen molar-refractivity contribution in [3.8, 4) is 0 Å². The van der Waals surface area contributed by atoms with E-state index in [0.29, 0.717) is 10.3 Å². The van der Waals surface area contributed by atoms with Crippen LogP contribution in [0, 0.1) is 0 Å². The van der Waals surface area contributed by atoms with E-state index in [0.717, 1.165) is 10.8 Å². The van der Waals surface area contributed by atoms with Crippen LogP contribution < -0.4 is 10.4 Å². The molecule has 0 bridgehead atoms. The van der Waals surface area contributed by atoms with Gasteiger partial charge in [0.1, 0.15) is 11.9 Å². The first-order valence-electron chi connectivity index (χ1n) is 6.04. The number of aliphatic carboxylic acids is 1. The molecule has 0 spiro atoms. The molecule has 1 heterocycles. The highest BCUT2D eigenvalue weighted by Gasteiger charge is 2.29. The van der Waals surface area contributed by atoms with Crippen LogP contribution in [0.3, 0.4) is 0 Å². The second kappa shape index (κ2) is 4.81. The predicted octanol–water partition coefficient (Wildman–Crippen LogP) is 0.482. The van der Waals surface area contributed by atoms with Crippen molar-refractivity contribution in [3.05, 3.63) is 58.0 Å². The topological polar surface area (TPSA) is 66.8 Å². The van der Waals surface area contributed by atoms with Gasteiger partial charge in [0.05, 0.1) is 0 Å². The van der Waals surface area contributed by atoms with Crippen LogP contribution >= 0.6 is 11.6 Å². The molecule has 0 fully saturated rings. The molecular formula is C15H11ClO4. The van der Waals surface area contributed by atoms with Gasteiger partial charge in [0.25, 0.3) is 0 Å². The first-order valence-corrected chi connectivity index (χ1v) is 6.42. The minimum atomic E-state index is -1.69. The Hall–Kier alpha value is -2.04. The molecule has 1 aliphatic carbocycles. The quantitative estimate of drug-likeness (QED) is 0.831. The van der Waals surface area contributed by atoms with E-state index in [1.165, 1.54) is 0 Å². The Morgan fingerprint density at radius 2 is 2.00 bits per heavy atom. The van der Waals surface area contributed by atoms with Crippen molar-refractivity contribution in [2.75, 3.05) is 0 Å². The van der Waals surface area contributed by atoms with E-state index in [2.05, 4.69) is 0 Å². The van der Waals surface area contributed by atoms with Gasteiger partial charge in [-0.2, -0.15) is 0 Å². The summed E-state index contributed by atoms with van der Waals surface area (Å²) in [6.07, 6.45) is 3.09. The standard InChI is InChI=1S/C15H11ClO4/c16-8-5-6-12-11(7-8)9-3-1-2-4-10(9)14(20-12)13(17)15(18)19/h1-7,12-13,17H,(H,18,19). The third kappa shape index (κ3) is 2.03. The molecule has 2 atom stereocenters. The fourth-order valence-corrected chi connectivity index (χ4v) is 2.56. The van der Waals surface area contributed by atoms with Crippen LogP contribution in [-0.4, -0.2) is 28.4 Å². The van der Waals surface area contributed by atoms with Crippen molar-refractivity contribution < 1.29 is 19.7 Å². The van der Waals surface area contributed by atoms with Crippen LogP contribution in [0.15, 0.2) is 47.5 Å². The van der Waals surface area contributed by atoms with E-state index in [9.17, 15) is 9.90 Å². The molecule has 1 aromatic carbocycles. The molecule has 102 valence electrons. The molecule has 20 heavy (non-hydrogen) atoms.